The minimum Gasteiger partial charge on any atom is -0.387 e. The number of aromatic nitrogens is 1. The molecule has 3 N–H and O–H groups in total. The maximum Gasteiger partial charge on any atom is 0.250 e. The lowest BCUT2D eigenvalue weighted by atomic mass is 10.1. The molecule has 1 aromatic heterocycles. The molecule has 0 aliphatic rings. The molecular formula is C17H20ClN3O2. The van der Waals surface area contributed by atoms with Gasteiger partial charge in [-0.1, -0.05) is 41.4 Å². The van der Waals surface area contributed by atoms with Gasteiger partial charge in [0, 0.05) is 19.3 Å². The summed E-state index contributed by atoms with van der Waals surface area (Å²) in [5, 5.41) is 10.8. The molecule has 0 aliphatic carbocycles. The molecule has 23 heavy (non-hydrogen) atoms. The van der Waals surface area contributed by atoms with Gasteiger partial charge in [0.1, 0.15) is 5.82 Å². The number of hydrogen-bond acceptors (Lipinski definition) is 4. The number of nitrogens with two attached hydrogens (primary N) is 1. The Kier molecular flexibility index (Phi) is 5.58. The first-order valence-electron chi connectivity index (χ1n) is 7.37. The zero-order chi connectivity index (χ0) is 17.0. The second kappa shape index (κ2) is 7.44. The predicted molar refractivity (Wildman–Crippen MR) is 91.8 cm³/mol. The zero-order valence-corrected chi connectivity index (χ0v) is 13.9. The summed E-state index contributed by atoms with van der Waals surface area (Å²) in [6.45, 7) is 4.91. The van der Waals surface area contributed by atoms with Crippen LogP contribution < -0.4 is 10.6 Å². The number of carbonyl (C=O) groups is 1. The van der Waals surface area contributed by atoms with Gasteiger partial charge in [-0.15, -0.1) is 0 Å². The van der Waals surface area contributed by atoms with Crippen molar-refractivity contribution in [1.29, 1.82) is 0 Å². The Morgan fingerprint density at radius 3 is 2.57 bits per heavy atom. The Bertz CT molecular complexity index is 689. The molecular weight excluding hydrogens is 314 g/mol. The first-order chi connectivity index (χ1) is 10.9. The molecule has 122 valence electrons. The van der Waals surface area contributed by atoms with Crippen molar-refractivity contribution in [3.63, 3.8) is 0 Å². The third kappa shape index (κ3) is 4.21. The molecule has 1 unspecified atom stereocenters. The SMILES string of the molecule is CCN(CC(O)c1ccc(C)cc1)c1ncc(C(N)=O)cc1Cl. The van der Waals surface area contributed by atoms with Crippen LogP contribution in [0.2, 0.25) is 5.02 Å². The smallest absolute Gasteiger partial charge is 0.250 e. The lowest BCUT2D eigenvalue weighted by Crippen LogP contribution is -2.29. The Morgan fingerprint density at radius 1 is 1.39 bits per heavy atom. The van der Waals surface area contributed by atoms with E-state index in [1.807, 2.05) is 43.0 Å². The molecule has 0 aliphatic heterocycles. The van der Waals surface area contributed by atoms with E-state index < -0.39 is 12.0 Å². The fourth-order valence-corrected chi connectivity index (χ4v) is 2.55. The van der Waals surface area contributed by atoms with E-state index in [0.717, 1.165) is 11.1 Å². The minimum atomic E-state index is -0.663. The summed E-state index contributed by atoms with van der Waals surface area (Å²) in [7, 11) is 0. The average molecular weight is 334 g/mol. The summed E-state index contributed by atoms with van der Waals surface area (Å²) >= 11 is 6.20. The molecule has 0 radical (unpaired) electrons. The summed E-state index contributed by atoms with van der Waals surface area (Å²) in [5.41, 5.74) is 7.45. The fourth-order valence-electron chi connectivity index (χ4n) is 2.27. The number of carbonyl (C=O) groups excluding carboxylic acids is 1. The third-order valence-corrected chi connectivity index (χ3v) is 3.92. The number of benzene rings is 1. The number of likely N-dealkylation sites (N-methyl/N-ethyl adjacent to an activating group) is 1. The van der Waals surface area contributed by atoms with Crippen molar-refractivity contribution >= 4 is 23.3 Å². The van der Waals surface area contributed by atoms with E-state index in [9.17, 15) is 9.90 Å². The topological polar surface area (TPSA) is 79.4 Å². The van der Waals surface area contributed by atoms with Crippen molar-refractivity contribution in [1.82, 2.24) is 4.98 Å². The first kappa shape index (κ1) is 17.2. The first-order valence-corrected chi connectivity index (χ1v) is 7.75. The van der Waals surface area contributed by atoms with E-state index >= 15 is 0 Å². The summed E-state index contributed by atoms with van der Waals surface area (Å²) in [6.07, 6.45) is 0.731. The molecule has 0 saturated carbocycles. The Labute approximate surface area is 140 Å². The highest BCUT2D eigenvalue weighted by atomic mass is 35.5. The molecule has 0 spiro atoms. The molecule has 5 nitrogen and oxygen atoms in total. The second-order valence-corrected chi connectivity index (χ2v) is 5.77. The van der Waals surface area contributed by atoms with Crippen LogP contribution in [0, 0.1) is 6.92 Å². The van der Waals surface area contributed by atoms with Crippen LogP contribution in [0.25, 0.3) is 0 Å². The molecule has 6 heteroatoms. The van der Waals surface area contributed by atoms with E-state index in [1.54, 1.807) is 0 Å². The van der Waals surface area contributed by atoms with E-state index in [1.165, 1.54) is 12.3 Å². The number of nitrogens with zero attached hydrogens (tertiary/aromatic N) is 2. The molecule has 1 aromatic carbocycles. The Morgan fingerprint density at radius 2 is 2.04 bits per heavy atom. The fraction of sp³-hybridized carbons (Fsp3) is 0.294. The number of aryl methyl sites for hydroxylation is 1. The van der Waals surface area contributed by atoms with Crippen molar-refractivity contribution in [3.05, 3.63) is 58.2 Å². The van der Waals surface area contributed by atoms with E-state index in [4.69, 9.17) is 17.3 Å². The molecule has 1 amide bonds. The number of aliphatic hydroxyl groups is 1. The summed E-state index contributed by atoms with van der Waals surface area (Å²) in [4.78, 5) is 17.2. The van der Waals surface area contributed by atoms with Gasteiger partial charge in [0.2, 0.25) is 5.91 Å². The van der Waals surface area contributed by atoms with Gasteiger partial charge in [-0.25, -0.2) is 4.98 Å². The van der Waals surface area contributed by atoms with Gasteiger partial charge in [0.05, 0.1) is 16.7 Å². The maximum absolute atomic E-state index is 11.2. The van der Waals surface area contributed by atoms with Crippen LogP contribution in [0.15, 0.2) is 36.5 Å². The van der Waals surface area contributed by atoms with Gasteiger partial charge in [0.25, 0.3) is 0 Å². The molecule has 2 aromatic rings. The van der Waals surface area contributed by atoms with Crippen LogP contribution in [0.1, 0.15) is 34.5 Å². The monoisotopic (exact) mass is 333 g/mol. The zero-order valence-electron chi connectivity index (χ0n) is 13.2. The molecule has 2 rings (SSSR count). The number of pyridine rings is 1. The van der Waals surface area contributed by atoms with Crippen LogP contribution in [0.4, 0.5) is 5.82 Å². The van der Waals surface area contributed by atoms with Crippen LogP contribution in [-0.4, -0.2) is 29.1 Å². The van der Waals surface area contributed by atoms with Gasteiger partial charge in [-0.05, 0) is 25.5 Å². The van der Waals surface area contributed by atoms with Crippen LogP contribution in [0.5, 0.6) is 0 Å². The van der Waals surface area contributed by atoms with E-state index in [2.05, 4.69) is 4.98 Å². The van der Waals surface area contributed by atoms with Crippen molar-refractivity contribution in [2.75, 3.05) is 18.0 Å². The standard InChI is InChI=1S/C17H20ClN3O2/c1-3-21(10-15(22)12-6-4-11(2)5-7-12)17-14(18)8-13(9-20-17)16(19)23/h4-9,15,22H,3,10H2,1-2H3,(H2,19,23). The van der Waals surface area contributed by atoms with Crippen LogP contribution in [0.3, 0.4) is 0 Å². The molecule has 1 heterocycles. The minimum absolute atomic E-state index is 0.258. The van der Waals surface area contributed by atoms with Crippen molar-refractivity contribution in [2.45, 2.75) is 20.0 Å². The van der Waals surface area contributed by atoms with Gasteiger partial charge in [-0.2, -0.15) is 0 Å². The highest BCUT2D eigenvalue weighted by Gasteiger charge is 2.17. The maximum atomic E-state index is 11.2. The number of anilines is 1. The van der Waals surface area contributed by atoms with Crippen molar-refractivity contribution in [2.24, 2.45) is 5.73 Å². The van der Waals surface area contributed by atoms with E-state index in [0.29, 0.717) is 23.9 Å². The average Bonchev–Trinajstić information content (AvgIpc) is 2.53. The second-order valence-electron chi connectivity index (χ2n) is 5.36. The molecule has 1 atom stereocenters. The number of rotatable bonds is 6. The van der Waals surface area contributed by atoms with Gasteiger partial charge >= 0.3 is 0 Å². The van der Waals surface area contributed by atoms with Crippen molar-refractivity contribution in [3.8, 4) is 0 Å². The van der Waals surface area contributed by atoms with E-state index in [-0.39, 0.29) is 5.56 Å². The van der Waals surface area contributed by atoms with Gasteiger partial charge in [0.15, 0.2) is 0 Å². The quantitative estimate of drug-likeness (QED) is 0.851. The summed E-state index contributed by atoms with van der Waals surface area (Å²) in [5.74, 6) is -0.0565. The Hall–Kier alpha value is -2.11. The predicted octanol–water partition coefficient (Wildman–Crippen LogP) is 2.70. The Balaban J connectivity index is 2.19. The molecule has 0 bridgehead atoms. The normalized spacial score (nSPS) is 12.0. The highest BCUT2D eigenvalue weighted by Crippen LogP contribution is 2.26. The van der Waals surface area contributed by atoms with Crippen LogP contribution in [-0.2, 0) is 0 Å². The van der Waals surface area contributed by atoms with Crippen LogP contribution >= 0.6 is 11.6 Å². The number of hydrogen-bond donors (Lipinski definition) is 2. The number of aliphatic hydroxyl groups excluding tert-OH is 1. The summed E-state index contributed by atoms with van der Waals surface area (Å²) < 4.78 is 0. The lowest BCUT2D eigenvalue weighted by molar-refractivity contribution is 0.1000. The summed E-state index contributed by atoms with van der Waals surface area (Å²) in [6, 6.07) is 9.22. The largest absolute Gasteiger partial charge is 0.387 e. The van der Waals surface area contributed by atoms with Gasteiger partial charge < -0.3 is 15.7 Å². The number of primary amides is 1. The third-order valence-electron chi connectivity index (χ3n) is 3.64. The molecule has 0 fully saturated rings. The van der Waals surface area contributed by atoms with Crippen molar-refractivity contribution < 1.29 is 9.90 Å². The molecule has 0 saturated heterocycles. The highest BCUT2D eigenvalue weighted by molar-refractivity contribution is 6.33. The number of halogens is 1. The number of amides is 1. The lowest BCUT2D eigenvalue weighted by Gasteiger charge is -2.26. The van der Waals surface area contributed by atoms with Gasteiger partial charge in [-0.3, -0.25) is 4.79 Å².